The topological polar surface area (TPSA) is 105 Å². The van der Waals surface area contributed by atoms with Gasteiger partial charge < -0.3 is 15.0 Å². The average Bonchev–Trinajstić information content (AvgIpc) is 3.18. The van der Waals surface area contributed by atoms with E-state index in [-0.39, 0.29) is 36.9 Å². The van der Waals surface area contributed by atoms with Crippen LogP contribution in [0.15, 0.2) is 36.4 Å². The highest BCUT2D eigenvalue weighted by Crippen LogP contribution is 2.43. The van der Waals surface area contributed by atoms with Gasteiger partial charge in [0.05, 0.1) is 12.1 Å². The van der Waals surface area contributed by atoms with Crippen molar-refractivity contribution in [2.24, 2.45) is 0 Å². The molecule has 0 aromatic heterocycles. The van der Waals surface area contributed by atoms with Crippen LogP contribution in [0.4, 0.5) is 16.2 Å². The lowest BCUT2D eigenvalue weighted by Crippen LogP contribution is -2.49. The number of anilines is 2. The molecule has 2 aromatic rings. The van der Waals surface area contributed by atoms with E-state index in [0.717, 1.165) is 28.1 Å². The first-order valence-corrected chi connectivity index (χ1v) is 11.2. The number of benzene rings is 2. The summed E-state index contributed by atoms with van der Waals surface area (Å²) in [7, 11) is 0. The number of carbonyl (C=O) groups excluding carboxylic acids is 4. The molecule has 3 aliphatic heterocycles. The molecular formula is C25H25N3O5. The highest BCUT2D eigenvalue weighted by atomic mass is 16.6. The quantitative estimate of drug-likeness (QED) is 0.698. The zero-order chi connectivity index (χ0) is 23.2. The molecule has 170 valence electrons. The third kappa shape index (κ3) is 3.86. The smallest absolute Gasteiger partial charge is 0.412 e. The lowest BCUT2D eigenvalue weighted by Gasteiger charge is -2.44. The molecule has 0 unspecified atom stereocenters. The molecule has 8 heteroatoms. The lowest BCUT2D eigenvalue weighted by molar-refractivity contribution is -0.135. The highest BCUT2D eigenvalue weighted by Gasteiger charge is 2.44. The number of fused-ring (bicyclic) bond motifs is 3. The number of hydrogen-bond acceptors (Lipinski definition) is 5. The van der Waals surface area contributed by atoms with Crippen molar-refractivity contribution in [2.75, 3.05) is 23.7 Å². The largest absolute Gasteiger partial charge is 0.438 e. The number of nitrogens with zero attached hydrogens (tertiary/aromatic N) is 1. The Morgan fingerprint density at radius 2 is 1.82 bits per heavy atom. The van der Waals surface area contributed by atoms with Crippen molar-refractivity contribution in [1.29, 1.82) is 0 Å². The summed E-state index contributed by atoms with van der Waals surface area (Å²) < 4.78 is 5.71. The van der Waals surface area contributed by atoms with E-state index in [0.29, 0.717) is 31.5 Å². The maximum atomic E-state index is 12.8. The highest BCUT2D eigenvalue weighted by molar-refractivity contribution is 6.03. The van der Waals surface area contributed by atoms with E-state index >= 15 is 0 Å². The minimum Gasteiger partial charge on any atom is -0.438 e. The summed E-state index contributed by atoms with van der Waals surface area (Å²) in [5, 5.41) is 5.55. The van der Waals surface area contributed by atoms with E-state index in [1.165, 1.54) is 0 Å². The molecule has 33 heavy (non-hydrogen) atoms. The monoisotopic (exact) mass is 447 g/mol. The van der Waals surface area contributed by atoms with E-state index in [1.54, 1.807) is 17.0 Å². The number of amides is 3. The van der Waals surface area contributed by atoms with Gasteiger partial charge in [0.25, 0.3) is 0 Å². The maximum Gasteiger partial charge on any atom is 0.412 e. The van der Waals surface area contributed by atoms with Crippen LogP contribution in [0.2, 0.25) is 0 Å². The number of rotatable bonds is 4. The minimum atomic E-state index is -0.723. The fourth-order valence-corrected chi connectivity index (χ4v) is 5.07. The van der Waals surface area contributed by atoms with Crippen LogP contribution in [-0.2, 0) is 26.3 Å². The summed E-state index contributed by atoms with van der Waals surface area (Å²) in [6.45, 7) is 2.78. The van der Waals surface area contributed by atoms with Gasteiger partial charge >= 0.3 is 6.09 Å². The molecule has 2 N–H and O–H groups in total. The van der Waals surface area contributed by atoms with Gasteiger partial charge in [0.15, 0.2) is 5.78 Å². The van der Waals surface area contributed by atoms with E-state index in [9.17, 15) is 19.2 Å². The predicted molar refractivity (Wildman–Crippen MR) is 121 cm³/mol. The van der Waals surface area contributed by atoms with Gasteiger partial charge in [-0.05, 0) is 36.2 Å². The number of carbonyl (C=O) groups is 4. The molecule has 8 nitrogen and oxygen atoms in total. The van der Waals surface area contributed by atoms with Gasteiger partial charge in [0.1, 0.15) is 5.60 Å². The zero-order valence-corrected chi connectivity index (χ0v) is 18.4. The second-order valence-corrected chi connectivity index (χ2v) is 8.91. The number of hydrogen-bond donors (Lipinski definition) is 2. The van der Waals surface area contributed by atoms with Gasteiger partial charge in [-0.1, -0.05) is 18.2 Å². The van der Waals surface area contributed by atoms with E-state index in [2.05, 4.69) is 10.6 Å². The summed E-state index contributed by atoms with van der Waals surface area (Å²) in [4.78, 5) is 51.0. The van der Waals surface area contributed by atoms with E-state index in [4.69, 9.17) is 4.74 Å². The van der Waals surface area contributed by atoms with Gasteiger partial charge in [0.2, 0.25) is 11.8 Å². The summed E-state index contributed by atoms with van der Waals surface area (Å²) in [6.07, 6.45) is 1.07. The first-order chi connectivity index (χ1) is 15.8. The number of para-hydroxylation sites is 1. The Labute approximate surface area is 191 Å². The van der Waals surface area contributed by atoms with Crippen LogP contribution < -0.4 is 10.6 Å². The lowest BCUT2D eigenvalue weighted by atomic mass is 9.82. The molecule has 5 rings (SSSR count). The van der Waals surface area contributed by atoms with Crippen molar-refractivity contribution < 1.29 is 23.9 Å². The number of ketones is 1. The van der Waals surface area contributed by atoms with Crippen LogP contribution in [0.25, 0.3) is 0 Å². The molecule has 3 heterocycles. The number of likely N-dealkylation sites (tertiary alicyclic amines) is 1. The van der Waals surface area contributed by atoms with Gasteiger partial charge in [0, 0.05) is 55.6 Å². The predicted octanol–water partition coefficient (Wildman–Crippen LogP) is 3.53. The number of nitrogens with one attached hydrogen (secondary N) is 2. The maximum absolute atomic E-state index is 12.8. The van der Waals surface area contributed by atoms with E-state index in [1.807, 2.05) is 31.2 Å². The molecule has 2 aromatic carbocycles. The summed E-state index contributed by atoms with van der Waals surface area (Å²) in [5.41, 5.74) is 3.96. The third-order valence-corrected chi connectivity index (χ3v) is 6.79. The van der Waals surface area contributed by atoms with Crippen molar-refractivity contribution in [3.05, 3.63) is 58.7 Å². The van der Waals surface area contributed by atoms with Crippen molar-refractivity contribution in [1.82, 2.24) is 4.90 Å². The molecule has 0 radical (unpaired) electrons. The molecule has 0 atom stereocenters. The fourth-order valence-electron chi connectivity index (χ4n) is 5.07. The first-order valence-electron chi connectivity index (χ1n) is 11.2. The Kier molecular flexibility index (Phi) is 5.15. The molecule has 0 bridgehead atoms. The Balaban J connectivity index is 1.20. The Morgan fingerprint density at radius 3 is 2.61 bits per heavy atom. The minimum absolute atomic E-state index is 0.0715. The molecular weight excluding hydrogens is 422 g/mol. The molecule has 1 saturated heterocycles. The van der Waals surface area contributed by atoms with Crippen LogP contribution in [-0.4, -0.2) is 41.7 Å². The molecule has 1 spiro atoms. The van der Waals surface area contributed by atoms with Gasteiger partial charge in [-0.15, -0.1) is 0 Å². The van der Waals surface area contributed by atoms with Gasteiger partial charge in [-0.25, -0.2) is 4.79 Å². The zero-order valence-electron chi connectivity index (χ0n) is 18.4. The Morgan fingerprint density at radius 1 is 1.06 bits per heavy atom. The van der Waals surface area contributed by atoms with Crippen molar-refractivity contribution in [2.45, 2.75) is 44.6 Å². The van der Waals surface area contributed by atoms with Gasteiger partial charge in [-0.2, -0.15) is 0 Å². The van der Waals surface area contributed by atoms with Crippen LogP contribution in [0.3, 0.4) is 0 Å². The molecule has 1 fully saturated rings. The van der Waals surface area contributed by atoms with Crippen LogP contribution in [0.5, 0.6) is 0 Å². The molecule has 3 aliphatic rings. The van der Waals surface area contributed by atoms with Crippen molar-refractivity contribution >= 4 is 35.1 Å². The first kappa shape index (κ1) is 21.2. The molecule has 0 aliphatic carbocycles. The Hall–Kier alpha value is -3.68. The summed E-state index contributed by atoms with van der Waals surface area (Å²) in [6, 6.07) is 11.1. The molecule has 0 saturated carbocycles. The number of Topliss-reactive ketones (excluding diaryl/α,β-unsaturated/α-hetero) is 1. The third-order valence-electron chi connectivity index (χ3n) is 6.79. The SMILES string of the molecule is Cc1cc(C(=O)CCC(=O)N2CCC3(CC2)OC(=O)Nc2ccccc23)cc2c1NC(=O)C2. The van der Waals surface area contributed by atoms with Crippen LogP contribution in [0, 0.1) is 6.92 Å². The average molecular weight is 447 g/mol. The van der Waals surface area contributed by atoms with Crippen LogP contribution >= 0.6 is 0 Å². The Bertz CT molecular complexity index is 1180. The molecule has 3 amide bonds. The van der Waals surface area contributed by atoms with Crippen molar-refractivity contribution in [3.63, 3.8) is 0 Å². The van der Waals surface area contributed by atoms with Gasteiger partial charge in [-0.3, -0.25) is 19.7 Å². The normalized spacial score (nSPS) is 18.2. The second kappa shape index (κ2) is 8.03. The summed E-state index contributed by atoms with van der Waals surface area (Å²) in [5.74, 6) is -0.262. The standard InChI is InChI=1S/C25H25N3O5/c1-15-12-16(13-17-14-21(30)27-23(15)17)20(29)6-7-22(31)28-10-8-25(9-11-28)18-4-2-3-5-19(18)26-24(32)33-25/h2-5,12-13H,6-11,14H2,1H3,(H,26,32)(H,27,30). The number of piperidine rings is 1. The van der Waals surface area contributed by atoms with E-state index < -0.39 is 11.7 Å². The van der Waals surface area contributed by atoms with Crippen LogP contribution in [0.1, 0.15) is 52.7 Å². The fraction of sp³-hybridized carbons (Fsp3) is 0.360. The summed E-state index contributed by atoms with van der Waals surface area (Å²) >= 11 is 0. The number of aryl methyl sites for hydroxylation is 1. The van der Waals surface area contributed by atoms with Crippen molar-refractivity contribution in [3.8, 4) is 0 Å². The number of ether oxygens (including phenoxy) is 1. The second-order valence-electron chi connectivity index (χ2n) is 8.91.